The van der Waals surface area contributed by atoms with Crippen LogP contribution < -0.4 is 5.32 Å². The first-order valence-electron chi connectivity index (χ1n) is 5.56. The molecule has 4 heteroatoms. The van der Waals surface area contributed by atoms with E-state index >= 15 is 0 Å². The Labute approximate surface area is 102 Å². The zero-order valence-electron chi connectivity index (χ0n) is 10.5. The van der Waals surface area contributed by atoms with Crippen LogP contribution in [0.3, 0.4) is 0 Å². The second-order valence-electron chi connectivity index (χ2n) is 4.55. The second-order valence-corrected chi connectivity index (χ2v) is 4.55. The Kier molecular flexibility index (Phi) is 4.52. The lowest BCUT2D eigenvalue weighted by atomic mass is 10.0. The molecule has 2 N–H and O–H groups in total. The molecule has 1 rings (SSSR count). The molecule has 0 unspecified atom stereocenters. The number of ether oxygens (including phenoxy) is 1. The van der Waals surface area contributed by atoms with Gasteiger partial charge >= 0.3 is 5.97 Å². The number of anilines is 1. The first-order valence-corrected chi connectivity index (χ1v) is 5.56. The van der Waals surface area contributed by atoms with Crippen molar-refractivity contribution in [3.8, 4) is 0 Å². The van der Waals surface area contributed by atoms with E-state index < -0.39 is 0 Å². The number of hydrogen-bond acceptors (Lipinski definition) is 4. The number of nitrogens with one attached hydrogen (secondary N) is 1. The van der Waals surface area contributed by atoms with Crippen LogP contribution in [-0.2, 0) is 4.74 Å². The van der Waals surface area contributed by atoms with Crippen LogP contribution >= 0.6 is 0 Å². The summed E-state index contributed by atoms with van der Waals surface area (Å²) < 4.78 is 4.62. The molecule has 94 valence electrons. The molecular formula is C13H19NO3. The van der Waals surface area contributed by atoms with Crippen molar-refractivity contribution in [2.45, 2.75) is 25.8 Å². The number of hydrogen-bond donors (Lipinski definition) is 2. The summed E-state index contributed by atoms with van der Waals surface area (Å²) in [6, 6.07) is 7.07. The minimum atomic E-state index is -0.342. The van der Waals surface area contributed by atoms with Crippen molar-refractivity contribution in [2.24, 2.45) is 0 Å². The highest BCUT2D eigenvalue weighted by Gasteiger charge is 2.16. The zero-order chi connectivity index (χ0) is 12.9. The van der Waals surface area contributed by atoms with E-state index in [1.165, 1.54) is 7.11 Å². The Morgan fingerprint density at radius 3 is 2.41 bits per heavy atom. The molecule has 0 saturated carbocycles. The molecule has 0 bridgehead atoms. The van der Waals surface area contributed by atoms with Gasteiger partial charge in [-0.3, -0.25) is 0 Å². The lowest BCUT2D eigenvalue weighted by molar-refractivity contribution is 0.0601. The molecule has 0 spiro atoms. The van der Waals surface area contributed by atoms with Crippen LogP contribution in [0.5, 0.6) is 0 Å². The van der Waals surface area contributed by atoms with Crippen LogP contribution in [0.15, 0.2) is 24.3 Å². The summed E-state index contributed by atoms with van der Waals surface area (Å²) >= 11 is 0. The van der Waals surface area contributed by atoms with E-state index in [1.54, 1.807) is 12.1 Å². The maximum absolute atomic E-state index is 11.2. The quantitative estimate of drug-likeness (QED) is 0.769. The van der Waals surface area contributed by atoms with E-state index in [4.69, 9.17) is 5.11 Å². The fraction of sp³-hybridized carbons (Fsp3) is 0.462. The van der Waals surface area contributed by atoms with Gasteiger partial charge in [0.2, 0.25) is 0 Å². The normalized spacial score (nSPS) is 11.1. The monoisotopic (exact) mass is 237 g/mol. The van der Waals surface area contributed by atoms with Gasteiger partial charge in [-0.25, -0.2) is 4.79 Å². The molecule has 0 atom stereocenters. The molecule has 1 aromatic rings. The molecule has 0 aliphatic carbocycles. The number of aliphatic hydroxyl groups is 1. The highest BCUT2D eigenvalue weighted by Crippen LogP contribution is 2.18. The molecule has 0 aliphatic heterocycles. The Hall–Kier alpha value is -1.55. The number of benzene rings is 1. The van der Waals surface area contributed by atoms with Crippen molar-refractivity contribution < 1.29 is 14.6 Å². The Bertz CT molecular complexity index is 371. The molecule has 17 heavy (non-hydrogen) atoms. The third-order valence-electron chi connectivity index (χ3n) is 2.53. The van der Waals surface area contributed by atoms with Gasteiger partial charge in [0.25, 0.3) is 0 Å². The molecular weight excluding hydrogens is 218 g/mol. The third kappa shape index (κ3) is 4.07. The standard InChI is InChI=1S/C13H19NO3/c1-13(2,8-9-15)14-11-6-4-10(5-7-11)12(16)17-3/h4-7,14-15H,8-9H2,1-3H3. The van der Waals surface area contributed by atoms with Crippen LogP contribution in [-0.4, -0.2) is 30.3 Å². The summed E-state index contributed by atoms with van der Waals surface area (Å²) in [5, 5.41) is 12.2. The van der Waals surface area contributed by atoms with E-state index in [9.17, 15) is 4.79 Å². The molecule has 1 aromatic carbocycles. The van der Waals surface area contributed by atoms with Crippen molar-refractivity contribution in [3.05, 3.63) is 29.8 Å². The Morgan fingerprint density at radius 2 is 1.94 bits per heavy atom. The third-order valence-corrected chi connectivity index (χ3v) is 2.53. The van der Waals surface area contributed by atoms with E-state index in [-0.39, 0.29) is 18.1 Å². The number of rotatable bonds is 5. The number of methoxy groups -OCH3 is 1. The van der Waals surface area contributed by atoms with Crippen molar-refractivity contribution in [2.75, 3.05) is 19.0 Å². The molecule has 0 amide bonds. The topological polar surface area (TPSA) is 58.6 Å². The zero-order valence-corrected chi connectivity index (χ0v) is 10.5. The minimum absolute atomic E-state index is 0.139. The van der Waals surface area contributed by atoms with Crippen LogP contribution in [0.1, 0.15) is 30.6 Å². The molecule has 0 fully saturated rings. The number of esters is 1. The van der Waals surface area contributed by atoms with Gasteiger partial charge in [-0.15, -0.1) is 0 Å². The number of carbonyl (C=O) groups is 1. The summed E-state index contributed by atoms with van der Waals surface area (Å²) in [6.07, 6.45) is 0.658. The summed E-state index contributed by atoms with van der Waals surface area (Å²) in [5.74, 6) is -0.342. The Morgan fingerprint density at radius 1 is 1.35 bits per heavy atom. The van der Waals surface area contributed by atoms with Gasteiger partial charge in [-0.05, 0) is 44.5 Å². The van der Waals surface area contributed by atoms with Gasteiger partial charge in [0.05, 0.1) is 12.7 Å². The fourth-order valence-electron chi connectivity index (χ4n) is 1.54. The highest BCUT2D eigenvalue weighted by molar-refractivity contribution is 5.89. The van der Waals surface area contributed by atoms with Crippen molar-refractivity contribution >= 4 is 11.7 Å². The maximum Gasteiger partial charge on any atom is 0.337 e. The summed E-state index contributed by atoms with van der Waals surface area (Å²) in [6.45, 7) is 4.16. The Balaban J connectivity index is 2.71. The van der Waals surface area contributed by atoms with Crippen LogP contribution in [0.2, 0.25) is 0 Å². The van der Waals surface area contributed by atoms with Gasteiger partial charge in [0, 0.05) is 17.8 Å². The van der Waals surface area contributed by atoms with Crippen molar-refractivity contribution in [3.63, 3.8) is 0 Å². The smallest absolute Gasteiger partial charge is 0.337 e. The predicted octanol–water partition coefficient (Wildman–Crippen LogP) is 2.05. The van der Waals surface area contributed by atoms with Gasteiger partial charge in [-0.1, -0.05) is 0 Å². The summed E-state index contributed by atoms with van der Waals surface area (Å²) in [4.78, 5) is 11.2. The van der Waals surface area contributed by atoms with Gasteiger partial charge in [0.15, 0.2) is 0 Å². The SMILES string of the molecule is COC(=O)c1ccc(NC(C)(C)CCO)cc1. The average molecular weight is 237 g/mol. The average Bonchev–Trinajstić information content (AvgIpc) is 2.28. The van der Waals surface area contributed by atoms with Crippen LogP contribution in [0.25, 0.3) is 0 Å². The van der Waals surface area contributed by atoms with Gasteiger partial charge in [-0.2, -0.15) is 0 Å². The van der Waals surface area contributed by atoms with E-state index in [2.05, 4.69) is 10.1 Å². The van der Waals surface area contributed by atoms with Gasteiger partial charge < -0.3 is 15.2 Å². The fourth-order valence-corrected chi connectivity index (χ4v) is 1.54. The summed E-state index contributed by atoms with van der Waals surface area (Å²) in [7, 11) is 1.36. The lowest BCUT2D eigenvalue weighted by Crippen LogP contribution is -2.31. The summed E-state index contributed by atoms with van der Waals surface area (Å²) in [5.41, 5.74) is 1.26. The minimum Gasteiger partial charge on any atom is -0.465 e. The van der Waals surface area contributed by atoms with E-state index in [0.717, 1.165) is 5.69 Å². The van der Waals surface area contributed by atoms with Crippen LogP contribution in [0, 0.1) is 0 Å². The largest absolute Gasteiger partial charge is 0.465 e. The molecule has 4 nitrogen and oxygen atoms in total. The van der Waals surface area contributed by atoms with Gasteiger partial charge in [0.1, 0.15) is 0 Å². The van der Waals surface area contributed by atoms with E-state index in [0.29, 0.717) is 12.0 Å². The number of carbonyl (C=O) groups excluding carboxylic acids is 1. The predicted molar refractivity (Wildman–Crippen MR) is 67.2 cm³/mol. The van der Waals surface area contributed by atoms with Crippen molar-refractivity contribution in [1.29, 1.82) is 0 Å². The number of aliphatic hydroxyl groups excluding tert-OH is 1. The lowest BCUT2D eigenvalue weighted by Gasteiger charge is -2.26. The second kappa shape index (κ2) is 5.68. The first-order chi connectivity index (χ1) is 7.98. The van der Waals surface area contributed by atoms with Crippen LogP contribution in [0.4, 0.5) is 5.69 Å². The first kappa shape index (κ1) is 13.5. The molecule has 0 radical (unpaired) electrons. The highest BCUT2D eigenvalue weighted by atomic mass is 16.5. The van der Waals surface area contributed by atoms with Crippen molar-refractivity contribution in [1.82, 2.24) is 0 Å². The molecule has 0 aliphatic rings. The molecule has 0 aromatic heterocycles. The van der Waals surface area contributed by atoms with E-state index in [1.807, 2.05) is 26.0 Å². The molecule has 0 saturated heterocycles. The maximum atomic E-state index is 11.2. The molecule has 0 heterocycles.